The van der Waals surface area contributed by atoms with Crippen LogP contribution in [-0.2, 0) is 16.6 Å². The first kappa shape index (κ1) is 38.8. The third kappa shape index (κ3) is 9.98. The van der Waals surface area contributed by atoms with E-state index in [1.165, 1.54) is 35.0 Å². The largest absolute Gasteiger partial charge is 0.396 e. The van der Waals surface area contributed by atoms with Crippen molar-refractivity contribution in [3.8, 4) is 11.1 Å². The van der Waals surface area contributed by atoms with Crippen LogP contribution >= 0.6 is 23.4 Å². The van der Waals surface area contributed by atoms with E-state index in [1.54, 1.807) is 24.3 Å². The molecule has 1 aliphatic rings. The van der Waals surface area contributed by atoms with Crippen LogP contribution in [0.4, 0.5) is 17.1 Å². The maximum Gasteiger partial charge on any atom is 0.293 e. The van der Waals surface area contributed by atoms with Crippen molar-refractivity contribution >= 4 is 56.4 Å². The Kier molecular flexibility index (Phi) is 12.9. The molecule has 6 rings (SSSR count). The van der Waals surface area contributed by atoms with Gasteiger partial charge in [-0.15, -0.1) is 11.8 Å². The van der Waals surface area contributed by atoms with Crippen LogP contribution < -0.4 is 14.9 Å². The highest BCUT2D eigenvalue weighted by Crippen LogP contribution is 2.31. The van der Waals surface area contributed by atoms with E-state index in [-0.39, 0.29) is 23.9 Å². The predicted molar refractivity (Wildman–Crippen MR) is 215 cm³/mol. The van der Waals surface area contributed by atoms with E-state index in [2.05, 4.69) is 33.3 Å². The van der Waals surface area contributed by atoms with Gasteiger partial charge in [-0.2, -0.15) is 0 Å². The number of rotatable bonds is 15. The van der Waals surface area contributed by atoms with Crippen molar-refractivity contribution in [1.29, 1.82) is 0 Å². The molecule has 5 aromatic rings. The predicted octanol–water partition coefficient (Wildman–Crippen LogP) is 7.31. The normalized spacial score (nSPS) is 14.0. The van der Waals surface area contributed by atoms with E-state index in [0.29, 0.717) is 17.2 Å². The molecular formula is C40H40ClN5O6S2. The number of nitrogens with zero attached hydrogens (tertiary/aromatic N) is 3. The molecule has 0 unspecified atom stereocenters. The summed E-state index contributed by atoms with van der Waals surface area (Å²) in [5.41, 5.74) is 4.23. The quantitative estimate of drug-likeness (QED) is 0.0561. The van der Waals surface area contributed by atoms with Gasteiger partial charge in [-0.05, 0) is 83.8 Å². The molecule has 280 valence electrons. The number of thioether (sulfide) groups is 1. The smallest absolute Gasteiger partial charge is 0.293 e. The fraction of sp³-hybridized carbons (Fsp3) is 0.225. The molecule has 3 N–H and O–H groups in total. The monoisotopic (exact) mass is 785 g/mol. The van der Waals surface area contributed by atoms with E-state index >= 15 is 0 Å². The molecule has 11 nitrogen and oxygen atoms in total. The number of carbonyl (C=O) groups is 1. The van der Waals surface area contributed by atoms with Crippen LogP contribution in [0, 0.1) is 10.1 Å². The molecule has 1 heterocycles. The van der Waals surface area contributed by atoms with Crippen LogP contribution in [0.2, 0.25) is 5.02 Å². The number of piperazine rings is 1. The summed E-state index contributed by atoms with van der Waals surface area (Å²) >= 11 is 7.63. The standard InChI is InChI=1S/C40H40ClN5O6S2/c41-32-14-10-29(11-15-32)37-9-5-4-6-31(37)27-44-21-23-45(24-22-44)34-16-12-30(13-17-34)40(48)43-54(51,52)36-18-19-38(39(26-36)46(49)50)42-33(20-25-47)28-53-35-7-2-1-3-8-35/h1-19,26,33,42,47H,20-25,27-28H2,(H,43,48)/t33-/m1/s1. The summed E-state index contributed by atoms with van der Waals surface area (Å²) in [5, 5.41) is 25.4. The fourth-order valence-electron chi connectivity index (χ4n) is 6.28. The van der Waals surface area contributed by atoms with Crippen molar-refractivity contribution in [2.24, 2.45) is 0 Å². The zero-order valence-electron chi connectivity index (χ0n) is 29.3. The van der Waals surface area contributed by atoms with Gasteiger partial charge in [-0.3, -0.25) is 19.8 Å². The molecule has 1 saturated heterocycles. The lowest BCUT2D eigenvalue weighted by molar-refractivity contribution is -0.384. The Morgan fingerprint density at radius 2 is 1.57 bits per heavy atom. The number of anilines is 2. The lowest BCUT2D eigenvalue weighted by Crippen LogP contribution is -2.46. The maximum atomic E-state index is 13.2. The van der Waals surface area contributed by atoms with Gasteiger partial charge in [0.2, 0.25) is 0 Å². The average molecular weight is 786 g/mol. The van der Waals surface area contributed by atoms with Crippen molar-refractivity contribution in [3.05, 3.63) is 148 Å². The molecule has 5 aromatic carbocycles. The lowest BCUT2D eigenvalue weighted by atomic mass is 9.99. The summed E-state index contributed by atoms with van der Waals surface area (Å²) in [4.78, 5) is 29.6. The van der Waals surface area contributed by atoms with Gasteiger partial charge < -0.3 is 15.3 Å². The number of nitrogens with one attached hydrogen (secondary N) is 2. The first-order valence-corrected chi connectivity index (χ1v) is 20.3. The molecular weight excluding hydrogens is 746 g/mol. The number of aliphatic hydroxyl groups is 1. The molecule has 0 bridgehead atoms. The topological polar surface area (TPSA) is 145 Å². The second kappa shape index (κ2) is 17.9. The zero-order chi connectivity index (χ0) is 38.1. The van der Waals surface area contributed by atoms with Gasteiger partial charge in [-0.25, -0.2) is 13.1 Å². The van der Waals surface area contributed by atoms with Crippen molar-refractivity contribution in [1.82, 2.24) is 9.62 Å². The minimum atomic E-state index is -4.45. The van der Waals surface area contributed by atoms with Gasteiger partial charge in [-0.1, -0.05) is 66.2 Å². The molecule has 14 heteroatoms. The Hall–Kier alpha value is -4.92. The summed E-state index contributed by atoms with van der Waals surface area (Å²) in [6, 6.07) is 35.7. The molecule has 1 aliphatic heterocycles. The first-order valence-electron chi connectivity index (χ1n) is 17.4. The molecule has 54 heavy (non-hydrogen) atoms. The third-order valence-electron chi connectivity index (χ3n) is 9.17. The summed E-state index contributed by atoms with van der Waals surface area (Å²) in [6.45, 7) is 3.90. The molecule has 0 aromatic heterocycles. The molecule has 0 aliphatic carbocycles. The lowest BCUT2D eigenvalue weighted by Gasteiger charge is -2.36. The van der Waals surface area contributed by atoms with Crippen LogP contribution in [0.1, 0.15) is 22.3 Å². The van der Waals surface area contributed by atoms with Crippen molar-refractivity contribution in [2.45, 2.75) is 28.8 Å². The summed E-state index contributed by atoms with van der Waals surface area (Å²) in [7, 11) is -4.45. The molecule has 0 saturated carbocycles. The first-order chi connectivity index (χ1) is 26.1. The number of carbonyl (C=O) groups excluding carboxylic acids is 1. The SMILES string of the molecule is O=C(NS(=O)(=O)c1ccc(N[C@H](CCO)CSc2ccccc2)c([N+](=O)[O-])c1)c1ccc(N2CCN(Cc3ccccc3-c3ccc(Cl)cc3)CC2)cc1. The molecule has 1 amide bonds. The highest BCUT2D eigenvalue weighted by Gasteiger charge is 2.26. The van der Waals surface area contributed by atoms with Crippen LogP contribution in [0.5, 0.6) is 0 Å². The molecule has 1 atom stereocenters. The fourth-order valence-corrected chi connectivity index (χ4v) is 8.39. The van der Waals surface area contributed by atoms with E-state index < -0.39 is 31.4 Å². The number of hydrogen-bond donors (Lipinski definition) is 3. The third-order valence-corrected chi connectivity index (χ3v) is 11.9. The summed E-state index contributed by atoms with van der Waals surface area (Å²) < 4.78 is 28.5. The van der Waals surface area contributed by atoms with Gasteiger partial charge in [0, 0.05) is 78.4 Å². The number of aliphatic hydroxyl groups excluding tert-OH is 1. The van der Waals surface area contributed by atoms with E-state index in [4.69, 9.17) is 11.6 Å². The van der Waals surface area contributed by atoms with Gasteiger partial charge in [0.15, 0.2) is 0 Å². The second-order valence-electron chi connectivity index (χ2n) is 12.8. The number of halogens is 1. The van der Waals surface area contributed by atoms with Crippen LogP contribution in [0.25, 0.3) is 11.1 Å². The van der Waals surface area contributed by atoms with Crippen molar-refractivity contribution < 1.29 is 23.2 Å². The number of nitro groups is 1. The Labute approximate surface area is 324 Å². The van der Waals surface area contributed by atoms with Gasteiger partial charge in [0.1, 0.15) is 5.69 Å². The van der Waals surface area contributed by atoms with Crippen LogP contribution in [0.3, 0.4) is 0 Å². The Morgan fingerprint density at radius 3 is 2.26 bits per heavy atom. The summed E-state index contributed by atoms with van der Waals surface area (Å²) in [6.07, 6.45) is 0.322. The minimum Gasteiger partial charge on any atom is -0.396 e. The van der Waals surface area contributed by atoms with Crippen molar-refractivity contribution in [2.75, 3.05) is 48.8 Å². The highest BCUT2D eigenvalue weighted by molar-refractivity contribution is 7.99. The number of hydrogen-bond acceptors (Lipinski definition) is 10. The maximum absolute atomic E-state index is 13.2. The second-order valence-corrected chi connectivity index (χ2v) is 16.0. The summed E-state index contributed by atoms with van der Waals surface area (Å²) in [5.74, 6) is -0.343. The number of amides is 1. The molecule has 0 spiro atoms. The van der Waals surface area contributed by atoms with Gasteiger partial charge >= 0.3 is 0 Å². The average Bonchev–Trinajstić information content (AvgIpc) is 3.18. The van der Waals surface area contributed by atoms with Crippen molar-refractivity contribution in [3.63, 3.8) is 0 Å². The minimum absolute atomic E-state index is 0.108. The molecule has 1 fully saturated rings. The van der Waals surface area contributed by atoms with Gasteiger partial charge in [0.05, 0.1) is 9.82 Å². The molecule has 0 radical (unpaired) electrons. The Bertz CT molecular complexity index is 2170. The zero-order valence-corrected chi connectivity index (χ0v) is 31.7. The highest BCUT2D eigenvalue weighted by atomic mass is 35.5. The number of benzene rings is 5. The van der Waals surface area contributed by atoms with Crippen LogP contribution in [-0.4, -0.2) is 73.8 Å². The number of sulfonamides is 1. The van der Waals surface area contributed by atoms with E-state index in [1.807, 2.05) is 65.4 Å². The van der Waals surface area contributed by atoms with Gasteiger partial charge in [0.25, 0.3) is 21.6 Å². The van der Waals surface area contributed by atoms with E-state index in [0.717, 1.165) is 54.9 Å². The van der Waals surface area contributed by atoms with E-state index in [9.17, 15) is 28.4 Å². The number of nitro benzene ring substituents is 1. The Balaban J connectivity index is 1.05. The van der Waals surface area contributed by atoms with Crippen LogP contribution in [0.15, 0.2) is 131 Å². The Morgan fingerprint density at radius 1 is 0.889 bits per heavy atom.